The highest BCUT2D eigenvalue weighted by Gasteiger charge is 2.20. The van der Waals surface area contributed by atoms with Gasteiger partial charge in [-0.3, -0.25) is 19.3 Å². The van der Waals surface area contributed by atoms with Crippen LogP contribution in [-0.2, 0) is 4.79 Å². The molecule has 2 N–H and O–H groups in total. The molecule has 0 spiro atoms. The molecule has 3 heterocycles. The smallest absolute Gasteiger partial charge is 0.255 e. The number of aromatic amines is 1. The molecular weight excluding hydrogens is 452 g/mol. The molecule has 4 aromatic rings. The van der Waals surface area contributed by atoms with Crippen LogP contribution in [0.1, 0.15) is 87.6 Å². The molecule has 0 saturated carbocycles. The van der Waals surface area contributed by atoms with Crippen molar-refractivity contribution in [2.24, 2.45) is 0 Å². The van der Waals surface area contributed by atoms with Crippen LogP contribution in [0.25, 0.3) is 22.0 Å². The number of rotatable bonds is 12. The Morgan fingerprint density at radius 2 is 1.92 bits per heavy atom. The van der Waals surface area contributed by atoms with Gasteiger partial charge in [-0.2, -0.15) is 5.10 Å². The first kappa shape index (κ1) is 25.3. The molecule has 8 heteroatoms. The third-order valence-corrected chi connectivity index (χ3v) is 6.42. The SMILES string of the molecule is CCC(=O)CCCCC[C@H](NC(=O)c1cnn(C(C)C)c1)c1ncc(-c2ccc3ccncc3c2)[nH]1. The summed E-state index contributed by atoms with van der Waals surface area (Å²) in [7, 11) is 0. The molecule has 3 aromatic heterocycles. The highest BCUT2D eigenvalue weighted by molar-refractivity contribution is 5.94. The van der Waals surface area contributed by atoms with E-state index in [-0.39, 0.29) is 18.0 Å². The Morgan fingerprint density at radius 1 is 1.06 bits per heavy atom. The van der Waals surface area contributed by atoms with Gasteiger partial charge in [-0.25, -0.2) is 4.98 Å². The number of H-pyrrole nitrogens is 1. The quantitative estimate of drug-likeness (QED) is 0.246. The average molecular weight is 487 g/mol. The van der Waals surface area contributed by atoms with Crippen LogP contribution in [0, 0.1) is 0 Å². The van der Waals surface area contributed by atoms with Crippen molar-refractivity contribution in [3.05, 3.63) is 66.6 Å². The number of ketones is 1. The molecule has 0 aliphatic carbocycles. The van der Waals surface area contributed by atoms with E-state index in [9.17, 15) is 9.59 Å². The van der Waals surface area contributed by atoms with Crippen molar-refractivity contribution in [1.29, 1.82) is 0 Å². The molecule has 0 bridgehead atoms. The number of carbonyl (C=O) groups excluding carboxylic acids is 2. The van der Waals surface area contributed by atoms with E-state index in [1.165, 1.54) is 0 Å². The number of carbonyl (C=O) groups is 2. The molecular formula is C28H34N6O2. The molecule has 1 amide bonds. The highest BCUT2D eigenvalue weighted by atomic mass is 16.1. The largest absolute Gasteiger partial charge is 0.342 e. The maximum absolute atomic E-state index is 13.0. The standard InChI is InChI=1S/C28H34N6O2/c1-4-24(35)8-6-5-7-9-25(33-28(36)23-16-31-34(18-23)19(2)3)27-30-17-26(32-27)21-11-10-20-12-13-29-15-22(20)14-21/h10-19,25H,4-9H2,1-3H3,(H,30,32)(H,33,36)/t25-/m0/s1. The summed E-state index contributed by atoms with van der Waals surface area (Å²) in [5.74, 6) is 0.830. The summed E-state index contributed by atoms with van der Waals surface area (Å²) >= 11 is 0. The van der Waals surface area contributed by atoms with Crippen molar-refractivity contribution < 1.29 is 9.59 Å². The number of amides is 1. The van der Waals surface area contributed by atoms with Crippen LogP contribution in [0.4, 0.5) is 0 Å². The van der Waals surface area contributed by atoms with Crippen LogP contribution in [0.2, 0.25) is 0 Å². The molecule has 1 aromatic carbocycles. The van der Waals surface area contributed by atoms with Gasteiger partial charge in [-0.1, -0.05) is 31.9 Å². The fraction of sp³-hybridized carbons (Fsp3) is 0.393. The van der Waals surface area contributed by atoms with E-state index in [2.05, 4.69) is 43.6 Å². The first-order valence-corrected chi connectivity index (χ1v) is 12.7. The van der Waals surface area contributed by atoms with Crippen LogP contribution < -0.4 is 5.32 Å². The number of Topliss-reactive ketones (excluding diaryl/α,β-unsaturated/α-hetero) is 1. The summed E-state index contributed by atoms with van der Waals surface area (Å²) in [6.07, 6.45) is 13.4. The lowest BCUT2D eigenvalue weighted by Crippen LogP contribution is -2.29. The second-order valence-corrected chi connectivity index (χ2v) is 9.44. The maximum atomic E-state index is 13.0. The molecule has 36 heavy (non-hydrogen) atoms. The lowest BCUT2D eigenvalue weighted by atomic mass is 10.0. The van der Waals surface area contributed by atoms with Crippen LogP contribution in [0.15, 0.2) is 55.2 Å². The van der Waals surface area contributed by atoms with Crippen molar-refractivity contribution in [3.63, 3.8) is 0 Å². The fourth-order valence-electron chi connectivity index (χ4n) is 4.19. The van der Waals surface area contributed by atoms with E-state index in [4.69, 9.17) is 0 Å². The van der Waals surface area contributed by atoms with E-state index < -0.39 is 0 Å². The fourth-order valence-corrected chi connectivity index (χ4v) is 4.19. The Bertz CT molecular complexity index is 1320. The minimum absolute atomic E-state index is 0.178. The van der Waals surface area contributed by atoms with Crippen LogP contribution >= 0.6 is 0 Å². The number of unbranched alkanes of at least 4 members (excludes halogenated alkanes) is 2. The molecule has 0 fully saturated rings. The molecule has 0 unspecified atom stereocenters. The van der Waals surface area contributed by atoms with Gasteiger partial charge in [0.15, 0.2) is 0 Å². The molecule has 0 saturated heterocycles. The van der Waals surface area contributed by atoms with Crippen molar-refractivity contribution in [3.8, 4) is 11.3 Å². The van der Waals surface area contributed by atoms with Crippen molar-refractivity contribution in [2.75, 3.05) is 0 Å². The number of pyridine rings is 1. The number of benzene rings is 1. The number of aromatic nitrogens is 5. The highest BCUT2D eigenvalue weighted by Crippen LogP contribution is 2.26. The van der Waals surface area contributed by atoms with Gasteiger partial charge in [-0.15, -0.1) is 0 Å². The molecule has 1 atom stereocenters. The minimum atomic E-state index is -0.280. The Balaban J connectivity index is 1.50. The molecule has 0 aliphatic heterocycles. The van der Waals surface area contributed by atoms with Crippen LogP contribution in [-0.4, -0.2) is 36.4 Å². The predicted octanol–water partition coefficient (Wildman–Crippen LogP) is 5.80. The Kier molecular flexibility index (Phi) is 8.25. The van der Waals surface area contributed by atoms with E-state index in [1.807, 2.05) is 39.2 Å². The monoisotopic (exact) mass is 486 g/mol. The van der Waals surface area contributed by atoms with Crippen molar-refractivity contribution in [2.45, 2.75) is 71.4 Å². The van der Waals surface area contributed by atoms with E-state index in [1.54, 1.807) is 23.3 Å². The second kappa shape index (κ2) is 11.7. The average Bonchev–Trinajstić information content (AvgIpc) is 3.58. The van der Waals surface area contributed by atoms with Crippen molar-refractivity contribution >= 4 is 22.5 Å². The van der Waals surface area contributed by atoms with Gasteiger partial charge < -0.3 is 10.3 Å². The van der Waals surface area contributed by atoms with Gasteiger partial charge in [0.2, 0.25) is 0 Å². The summed E-state index contributed by atoms with van der Waals surface area (Å²) in [6, 6.07) is 8.08. The number of hydrogen-bond acceptors (Lipinski definition) is 5. The Labute approximate surface area is 211 Å². The molecule has 0 aliphatic rings. The summed E-state index contributed by atoms with van der Waals surface area (Å²) in [6.45, 7) is 5.94. The second-order valence-electron chi connectivity index (χ2n) is 9.44. The number of nitrogens with zero attached hydrogens (tertiary/aromatic N) is 4. The lowest BCUT2D eigenvalue weighted by Gasteiger charge is -2.16. The first-order valence-electron chi connectivity index (χ1n) is 12.7. The van der Waals surface area contributed by atoms with Crippen LogP contribution in [0.5, 0.6) is 0 Å². The maximum Gasteiger partial charge on any atom is 0.255 e. The summed E-state index contributed by atoms with van der Waals surface area (Å²) in [5.41, 5.74) is 2.42. The summed E-state index contributed by atoms with van der Waals surface area (Å²) in [5, 5.41) is 9.62. The number of imidazole rings is 1. The number of hydrogen-bond donors (Lipinski definition) is 2. The number of fused-ring (bicyclic) bond motifs is 1. The lowest BCUT2D eigenvalue weighted by molar-refractivity contribution is -0.118. The van der Waals surface area contributed by atoms with E-state index in [0.717, 1.165) is 47.7 Å². The zero-order valence-electron chi connectivity index (χ0n) is 21.2. The van der Waals surface area contributed by atoms with Gasteiger partial charge in [0, 0.05) is 48.4 Å². The van der Waals surface area contributed by atoms with Gasteiger partial charge in [0.25, 0.3) is 5.91 Å². The van der Waals surface area contributed by atoms with Gasteiger partial charge >= 0.3 is 0 Å². The first-order chi connectivity index (χ1) is 17.4. The van der Waals surface area contributed by atoms with Crippen LogP contribution in [0.3, 0.4) is 0 Å². The minimum Gasteiger partial charge on any atom is -0.342 e. The molecule has 4 rings (SSSR count). The van der Waals surface area contributed by atoms with Crippen molar-refractivity contribution in [1.82, 2.24) is 30.0 Å². The van der Waals surface area contributed by atoms with Gasteiger partial charge in [0.1, 0.15) is 11.6 Å². The van der Waals surface area contributed by atoms with E-state index in [0.29, 0.717) is 30.0 Å². The van der Waals surface area contributed by atoms with Gasteiger partial charge in [-0.05, 0) is 44.2 Å². The third-order valence-electron chi connectivity index (χ3n) is 6.42. The van der Waals surface area contributed by atoms with E-state index >= 15 is 0 Å². The Morgan fingerprint density at radius 3 is 2.69 bits per heavy atom. The zero-order valence-corrected chi connectivity index (χ0v) is 21.2. The molecule has 8 nitrogen and oxygen atoms in total. The zero-order chi connectivity index (χ0) is 25.5. The summed E-state index contributed by atoms with van der Waals surface area (Å²) < 4.78 is 1.77. The normalized spacial score (nSPS) is 12.2. The Hall–Kier alpha value is -3.81. The summed E-state index contributed by atoms with van der Waals surface area (Å²) in [4.78, 5) is 36.9. The number of nitrogens with one attached hydrogen (secondary N) is 2. The predicted molar refractivity (Wildman–Crippen MR) is 141 cm³/mol. The van der Waals surface area contributed by atoms with Gasteiger partial charge in [0.05, 0.1) is 29.7 Å². The topological polar surface area (TPSA) is 106 Å². The molecule has 188 valence electrons. The molecule has 0 radical (unpaired) electrons. The third kappa shape index (κ3) is 6.24.